The van der Waals surface area contributed by atoms with E-state index in [1.54, 1.807) is 18.3 Å². The Kier molecular flexibility index (Phi) is 2.41. The number of piperidine rings is 1. The van der Waals surface area contributed by atoms with Crippen LogP contribution in [0.1, 0.15) is 17.7 Å². The van der Waals surface area contributed by atoms with Gasteiger partial charge in [0.15, 0.2) is 0 Å². The molecule has 0 bridgehead atoms. The van der Waals surface area contributed by atoms with Crippen molar-refractivity contribution in [1.82, 2.24) is 9.88 Å². The lowest BCUT2D eigenvalue weighted by Gasteiger charge is -2.16. The summed E-state index contributed by atoms with van der Waals surface area (Å²) < 4.78 is 0. The van der Waals surface area contributed by atoms with Gasteiger partial charge in [0, 0.05) is 6.20 Å². The fourth-order valence-corrected chi connectivity index (χ4v) is 2.41. The molecule has 1 aliphatic heterocycles. The van der Waals surface area contributed by atoms with Crippen molar-refractivity contribution >= 4 is 29.0 Å². The van der Waals surface area contributed by atoms with Gasteiger partial charge in [-0.3, -0.25) is 19.5 Å². The minimum Gasteiger partial charge on any atom is -0.388 e. The van der Waals surface area contributed by atoms with Gasteiger partial charge in [-0.1, -0.05) is 12.2 Å². The van der Waals surface area contributed by atoms with Gasteiger partial charge in [0.2, 0.25) is 11.8 Å². The molecule has 1 saturated heterocycles. The second kappa shape index (κ2) is 3.84. The van der Waals surface area contributed by atoms with Crippen LogP contribution in [0.25, 0.3) is 0 Å². The predicted octanol–water partition coefficient (Wildman–Crippen LogP) is 0.221. The summed E-state index contributed by atoms with van der Waals surface area (Å²) in [6.07, 6.45) is 2.30. The van der Waals surface area contributed by atoms with Crippen LogP contribution in [0.3, 0.4) is 0 Å². The van der Waals surface area contributed by atoms with E-state index >= 15 is 0 Å². The average Bonchev–Trinajstić information content (AvgIpc) is 3.10. The topological polar surface area (TPSA) is 76.3 Å². The van der Waals surface area contributed by atoms with Crippen LogP contribution in [0.4, 0.5) is 0 Å². The summed E-state index contributed by atoms with van der Waals surface area (Å²) in [4.78, 5) is 29.2. The number of imide groups is 1. The number of thiocarbonyl (C=S) groups is 1. The van der Waals surface area contributed by atoms with Crippen LogP contribution in [0.5, 0.6) is 0 Å². The number of fused-ring (bicyclic) bond motifs is 1. The quantitative estimate of drug-likeness (QED) is 0.622. The number of carbonyl (C=O) groups is 2. The largest absolute Gasteiger partial charge is 0.388 e. The van der Waals surface area contributed by atoms with E-state index in [9.17, 15) is 9.59 Å². The fraction of sp³-hybridized carbons (Fsp3) is 0.333. The number of hydrogen-bond acceptors (Lipinski definition) is 4. The molecule has 2 fully saturated rings. The SMILES string of the molecule is NC(=S)c1cc(CN2C(=O)C3CC3C2=O)ccn1. The number of pyridine rings is 1. The molecule has 2 atom stereocenters. The van der Waals surface area contributed by atoms with Crippen molar-refractivity contribution in [3.63, 3.8) is 0 Å². The standard InChI is InChI=1S/C12H11N3O2S/c13-10(18)9-3-6(1-2-14-9)5-15-11(16)7-4-8(7)12(15)17/h1-3,7-8H,4-5H2,(H2,13,18). The molecular formula is C12H11N3O2S. The summed E-state index contributed by atoms with van der Waals surface area (Å²) in [5.41, 5.74) is 6.82. The molecule has 1 aliphatic carbocycles. The van der Waals surface area contributed by atoms with Gasteiger partial charge in [-0.2, -0.15) is 0 Å². The van der Waals surface area contributed by atoms with Crippen LogP contribution >= 0.6 is 12.2 Å². The molecule has 1 aromatic heterocycles. The Morgan fingerprint density at radius 3 is 2.72 bits per heavy atom. The second-order valence-corrected chi connectivity index (χ2v) is 5.06. The molecule has 0 radical (unpaired) electrons. The Balaban J connectivity index is 1.81. The lowest BCUT2D eigenvalue weighted by atomic mass is 10.2. The van der Waals surface area contributed by atoms with E-state index in [2.05, 4.69) is 4.98 Å². The van der Waals surface area contributed by atoms with E-state index in [4.69, 9.17) is 18.0 Å². The highest BCUT2D eigenvalue weighted by atomic mass is 32.1. The Labute approximate surface area is 109 Å². The Morgan fingerprint density at radius 1 is 1.44 bits per heavy atom. The monoisotopic (exact) mass is 261 g/mol. The normalized spacial score (nSPS) is 25.2. The van der Waals surface area contributed by atoms with Gasteiger partial charge in [0.1, 0.15) is 4.99 Å². The van der Waals surface area contributed by atoms with E-state index in [0.29, 0.717) is 5.69 Å². The first-order valence-electron chi connectivity index (χ1n) is 5.68. The van der Waals surface area contributed by atoms with E-state index in [0.717, 1.165) is 12.0 Å². The Morgan fingerprint density at radius 2 is 2.11 bits per heavy atom. The van der Waals surface area contributed by atoms with E-state index < -0.39 is 0 Å². The highest BCUT2D eigenvalue weighted by molar-refractivity contribution is 7.80. The molecule has 0 aromatic carbocycles. The summed E-state index contributed by atoms with van der Waals surface area (Å²) in [7, 11) is 0. The van der Waals surface area contributed by atoms with Crippen molar-refractivity contribution < 1.29 is 9.59 Å². The first kappa shape index (κ1) is 11.3. The van der Waals surface area contributed by atoms with Crippen molar-refractivity contribution in [1.29, 1.82) is 0 Å². The molecule has 6 heteroatoms. The summed E-state index contributed by atoms with van der Waals surface area (Å²) in [5.74, 6) is -0.235. The third-order valence-electron chi connectivity index (χ3n) is 3.37. The van der Waals surface area contributed by atoms with Crippen molar-refractivity contribution in [3.8, 4) is 0 Å². The predicted molar refractivity (Wildman–Crippen MR) is 67.3 cm³/mol. The molecule has 0 spiro atoms. The molecule has 1 saturated carbocycles. The first-order chi connectivity index (χ1) is 8.58. The third kappa shape index (κ3) is 1.69. The van der Waals surface area contributed by atoms with Gasteiger partial charge in [-0.05, 0) is 24.1 Å². The molecule has 92 valence electrons. The molecule has 2 unspecified atom stereocenters. The van der Waals surface area contributed by atoms with Gasteiger partial charge in [0.05, 0.1) is 24.1 Å². The summed E-state index contributed by atoms with van der Waals surface area (Å²) in [6, 6.07) is 3.47. The maximum absolute atomic E-state index is 11.8. The van der Waals surface area contributed by atoms with Crippen LogP contribution in [0, 0.1) is 11.8 Å². The molecule has 2 amide bonds. The van der Waals surface area contributed by atoms with Crippen LogP contribution in [0.15, 0.2) is 18.3 Å². The third-order valence-corrected chi connectivity index (χ3v) is 3.58. The van der Waals surface area contributed by atoms with Crippen molar-refractivity contribution in [2.45, 2.75) is 13.0 Å². The average molecular weight is 261 g/mol. The highest BCUT2D eigenvalue weighted by Gasteiger charge is 2.58. The zero-order chi connectivity index (χ0) is 12.9. The van der Waals surface area contributed by atoms with Crippen LogP contribution in [0.2, 0.25) is 0 Å². The molecule has 2 aliphatic rings. The number of amides is 2. The number of rotatable bonds is 3. The minimum atomic E-state index is -0.0607. The van der Waals surface area contributed by atoms with Crippen LogP contribution in [-0.4, -0.2) is 26.7 Å². The highest BCUT2D eigenvalue weighted by Crippen LogP contribution is 2.47. The summed E-state index contributed by atoms with van der Waals surface area (Å²) in [5, 5.41) is 0. The fourth-order valence-electron chi connectivity index (χ4n) is 2.30. The summed E-state index contributed by atoms with van der Waals surface area (Å²) >= 11 is 4.84. The van der Waals surface area contributed by atoms with Gasteiger partial charge in [0.25, 0.3) is 0 Å². The molecule has 2 N–H and O–H groups in total. The Bertz CT molecular complexity index is 552. The number of likely N-dealkylation sites (tertiary alicyclic amines) is 1. The molecule has 1 aromatic rings. The maximum atomic E-state index is 11.8. The molecule has 3 rings (SSSR count). The van der Waals surface area contributed by atoms with E-state index in [1.165, 1.54) is 4.90 Å². The zero-order valence-corrected chi connectivity index (χ0v) is 10.3. The number of nitrogens with zero attached hydrogens (tertiary/aromatic N) is 2. The number of carbonyl (C=O) groups excluding carboxylic acids is 2. The summed E-state index contributed by atoms with van der Waals surface area (Å²) in [6.45, 7) is 0.281. The molecule has 5 nitrogen and oxygen atoms in total. The van der Waals surface area contributed by atoms with Crippen LogP contribution in [-0.2, 0) is 16.1 Å². The van der Waals surface area contributed by atoms with Crippen molar-refractivity contribution in [2.75, 3.05) is 0 Å². The van der Waals surface area contributed by atoms with E-state index in [-0.39, 0.29) is 35.2 Å². The maximum Gasteiger partial charge on any atom is 0.233 e. The number of nitrogens with two attached hydrogens (primary N) is 1. The smallest absolute Gasteiger partial charge is 0.233 e. The lowest BCUT2D eigenvalue weighted by molar-refractivity contribution is -0.142. The van der Waals surface area contributed by atoms with Crippen molar-refractivity contribution in [2.24, 2.45) is 17.6 Å². The van der Waals surface area contributed by atoms with Gasteiger partial charge in [-0.25, -0.2) is 0 Å². The lowest BCUT2D eigenvalue weighted by Crippen LogP contribution is -2.32. The molecule has 18 heavy (non-hydrogen) atoms. The first-order valence-corrected chi connectivity index (χ1v) is 6.08. The molecule has 2 heterocycles. The second-order valence-electron chi connectivity index (χ2n) is 4.62. The number of aromatic nitrogens is 1. The Hall–Kier alpha value is -1.82. The van der Waals surface area contributed by atoms with Gasteiger partial charge in [-0.15, -0.1) is 0 Å². The van der Waals surface area contributed by atoms with E-state index in [1.807, 2.05) is 0 Å². The number of hydrogen-bond donors (Lipinski definition) is 1. The van der Waals surface area contributed by atoms with Crippen LogP contribution < -0.4 is 5.73 Å². The molecular weight excluding hydrogens is 250 g/mol. The zero-order valence-electron chi connectivity index (χ0n) is 9.50. The van der Waals surface area contributed by atoms with Gasteiger partial charge >= 0.3 is 0 Å². The van der Waals surface area contributed by atoms with Crippen molar-refractivity contribution in [3.05, 3.63) is 29.6 Å². The van der Waals surface area contributed by atoms with Gasteiger partial charge < -0.3 is 5.73 Å². The minimum absolute atomic E-state index is 0.0568.